The molecule has 2 atom stereocenters. The molecule has 7 heteroatoms. The van der Waals surface area contributed by atoms with Gasteiger partial charge in [0.05, 0.1) is 19.1 Å². The zero-order valence-electron chi connectivity index (χ0n) is 16.9. The van der Waals surface area contributed by atoms with E-state index in [2.05, 4.69) is 9.80 Å². The van der Waals surface area contributed by atoms with Crippen molar-refractivity contribution in [3.05, 3.63) is 34.9 Å². The standard InChI is InChI=1S/C22H30ClN3O3/c23-20-7-2-1-5-17(20)14-25-15-18(13-21(25)27)22(28)26-8-4-3-6-19(26)16-24-9-11-29-12-10-24/h1-2,5,7,18-19H,3-4,6,8-16H2. The minimum atomic E-state index is -0.240. The molecule has 3 saturated heterocycles. The predicted molar refractivity (Wildman–Crippen MR) is 112 cm³/mol. The summed E-state index contributed by atoms with van der Waals surface area (Å²) in [5, 5.41) is 0.664. The Hall–Kier alpha value is -1.63. The van der Waals surface area contributed by atoms with E-state index >= 15 is 0 Å². The van der Waals surface area contributed by atoms with E-state index in [0.29, 0.717) is 24.5 Å². The monoisotopic (exact) mass is 419 g/mol. The van der Waals surface area contributed by atoms with Crippen molar-refractivity contribution in [1.82, 2.24) is 14.7 Å². The van der Waals surface area contributed by atoms with Crippen LogP contribution in [0.4, 0.5) is 0 Å². The second-order valence-corrected chi connectivity index (χ2v) is 8.77. The second kappa shape index (κ2) is 9.45. The Morgan fingerprint density at radius 3 is 2.72 bits per heavy atom. The summed E-state index contributed by atoms with van der Waals surface area (Å²) in [6.45, 7) is 6.10. The van der Waals surface area contributed by atoms with Crippen molar-refractivity contribution in [2.75, 3.05) is 45.9 Å². The summed E-state index contributed by atoms with van der Waals surface area (Å²) in [6.07, 6.45) is 3.58. The molecule has 0 saturated carbocycles. The number of halogens is 1. The highest BCUT2D eigenvalue weighted by atomic mass is 35.5. The number of hydrogen-bond donors (Lipinski definition) is 0. The number of carbonyl (C=O) groups is 2. The van der Waals surface area contributed by atoms with Crippen LogP contribution in [-0.2, 0) is 20.9 Å². The SMILES string of the molecule is O=C1CC(C(=O)N2CCCCC2CN2CCOCC2)CN1Cc1ccccc1Cl. The zero-order chi connectivity index (χ0) is 20.2. The fourth-order valence-electron chi connectivity index (χ4n) is 4.72. The van der Waals surface area contributed by atoms with Crippen molar-refractivity contribution in [3.8, 4) is 0 Å². The molecule has 29 heavy (non-hydrogen) atoms. The number of rotatable bonds is 5. The summed E-state index contributed by atoms with van der Waals surface area (Å²) in [5.41, 5.74) is 0.929. The van der Waals surface area contributed by atoms with E-state index in [9.17, 15) is 9.59 Å². The Morgan fingerprint density at radius 2 is 1.93 bits per heavy atom. The molecule has 2 amide bonds. The molecule has 3 aliphatic rings. The van der Waals surface area contributed by atoms with E-state index in [-0.39, 0.29) is 23.8 Å². The van der Waals surface area contributed by atoms with E-state index in [0.717, 1.165) is 57.8 Å². The molecule has 6 nitrogen and oxygen atoms in total. The maximum absolute atomic E-state index is 13.3. The molecule has 0 radical (unpaired) electrons. The number of benzene rings is 1. The predicted octanol–water partition coefficient (Wildman–Crippen LogP) is 2.40. The van der Waals surface area contributed by atoms with E-state index in [4.69, 9.17) is 16.3 Å². The number of amides is 2. The molecular weight excluding hydrogens is 390 g/mol. The third-order valence-corrected chi connectivity index (χ3v) is 6.73. The molecule has 4 rings (SSSR count). The zero-order valence-corrected chi connectivity index (χ0v) is 17.6. The first kappa shape index (κ1) is 20.6. The maximum atomic E-state index is 13.3. The van der Waals surface area contributed by atoms with Crippen LogP contribution >= 0.6 is 11.6 Å². The molecule has 158 valence electrons. The average Bonchev–Trinajstić information content (AvgIpc) is 3.11. The molecule has 1 aromatic carbocycles. The Kier molecular flexibility index (Phi) is 6.73. The molecule has 0 spiro atoms. The first-order valence-electron chi connectivity index (χ1n) is 10.7. The number of likely N-dealkylation sites (tertiary alicyclic amines) is 2. The topological polar surface area (TPSA) is 53.1 Å². The molecule has 3 fully saturated rings. The number of ether oxygens (including phenoxy) is 1. The van der Waals surface area contributed by atoms with Crippen LogP contribution in [-0.4, -0.2) is 78.5 Å². The van der Waals surface area contributed by atoms with Gasteiger partial charge in [-0.05, 0) is 30.9 Å². The molecule has 3 heterocycles. The molecular formula is C22H30ClN3O3. The van der Waals surface area contributed by atoms with Crippen LogP contribution in [0.1, 0.15) is 31.2 Å². The lowest BCUT2D eigenvalue weighted by Crippen LogP contribution is -2.53. The fourth-order valence-corrected chi connectivity index (χ4v) is 4.91. The molecule has 1 aromatic rings. The minimum absolute atomic E-state index is 0.0463. The lowest BCUT2D eigenvalue weighted by Gasteiger charge is -2.40. The number of hydrogen-bond acceptors (Lipinski definition) is 4. The van der Waals surface area contributed by atoms with Crippen LogP contribution in [0.3, 0.4) is 0 Å². The highest BCUT2D eigenvalue weighted by molar-refractivity contribution is 6.31. The maximum Gasteiger partial charge on any atom is 0.228 e. The van der Waals surface area contributed by atoms with Gasteiger partial charge in [0.15, 0.2) is 0 Å². The smallest absolute Gasteiger partial charge is 0.228 e. The summed E-state index contributed by atoms with van der Waals surface area (Å²) in [5.74, 6) is -0.0433. The van der Waals surface area contributed by atoms with Crippen molar-refractivity contribution in [1.29, 1.82) is 0 Å². The molecule has 0 N–H and O–H groups in total. The van der Waals surface area contributed by atoms with Crippen LogP contribution in [0, 0.1) is 5.92 Å². The van der Waals surface area contributed by atoms with Gasteiger partial charge >= 0.3 is 0 Å². The van der Waals surface area contributed by atoms with Crippen LogP contribution in [0.2, 0.25) is 5.02 Å². The largest absolute Gasteiger partial charge is 0.379 e. The number of carbonyl (C=O) groups excluding carboxylic acids is 2. The van der Waals surface area contributed by atoms with E-state index in [1.807, 2.05) is 24.3 Å². The highest BCUT2D eigenvalue weighted by Gasteiger charge is 2.39. The molecule has 0 aromatic heterocycles. The second-order valence-electron chi connectivity index (χ2n) is 8.36. The Morgan fingerprint density at radius 1 is 1.14 bits per heavy atom. The van der Waals surface area contributed by atoms with Crippen molar-refractivity contribution < 1.29 is 14.3 Å². The average molecular weight is 420 g/mol. The van der Waals surface area contributed by atoms with E-state index in [1.165, 1.54) is 6.42 Å². The van der Waals surface area contributed by atoms with E-state index in [1.54, 1.807) is 4.90 Å². The summed E-state index contributed by atoms with van der Waals surface area (Å²) >= 11 is 6.26. The van der Waals surface area contributed by atoms with Gasteiger partial charge in [0, 0.05) is 56.8 Å². The lowest BCUT2D eigenvalue weighted by atomic mass is 9.98. The van der Waals surface area contributed by atoms with Crippen molar-refractivity contribution >= 4 is 23.4 Å². The third kappa shape index (κ3) is 4.93. The Bertz CT molecular complexity index is 738. The van der Waals surface area contributed by atoms with Crippen LogP contribution in [0.5, 0.6) is 0 Å². The van der Waals surface area contributed by atoms with Gasteiger partial charge in [-0.15, -0.1) is 0 Å². The third-order valence-electron chi connectivity index (χ3n) is 6.37. The van der Waals surface area contributed by atoms with Crippen molar-refractivity contribution in [3.63, 3.8) is 0 Å². The van der Waals surface area contributed by atoms with Gasteiger partial charge < -0.3 is 14.5 Å². The summed E-state index contributed by atoms with van der Waals surface area (Å²) < 4.78 is 5.45. The minimum Gasteiger partial charge on any atom is -0.379 e. The van der Waals surface area contributed by atoms with Crippen molar-refractivity contribution in [2.24, 2.45) is 5.92 Å². The number of morpholine rings is 1. The first-order valence-corrected chi connectivity index (χ1v) is 11.1. The van der Waals surface area contributed by atoms with Gasteiger partial charge in [0.1, 0.15) is 0 Å². The van der Waals surface area contributed by atoms with Gasteiger partial charge in [-0.2, -0.15) is 0 Å². The lowest BCUT2D eigenvalue weighted by molar-refractivity contribution is -0.140. The van der Waals surface area contributed by atoms with Gasteiger partial charge in [-0.25, -0.2) is 0 Å². The van der Waals surface area contributed by atoms with Gasteiger partial charge in [0.2, 0.25) is 11.8 Å². The molecule has 0 aliphatic carbocycles. The van der Waals surface area contributed by atoms with Gasteiger partial charge in [-0.1, -0.05) is 29.8 Å². The Balaban J connectivity index is 1.38. The van der Waals surface area contributed by atoms with Crippen LogP contribution in [0.15, 0.2) is 24.3 Å². The number of nitrogens with zero attached hydrogens (tertiary/aromatic N) is 3. The molecule has 3 aliphatic heterocycles. The van der Waals surface area contributed by atoms with Gasteiger partial charge in [0.25, 0.3) is 0 Å². The van der Waals surface area contributed by atoms with E-state index < -0.39 is 0 Å². The quantitative estimate of drug-likeness (QED) is 0.735. The number of piperidine rings is 1. The van der Waals surface area contributed by atoms with Gasteiger partial charge in [-0.3, -0.25) is 14.5 Å². The fraction of sp³-hybridized carbons (Fsp3) is 0.636. The summed E-state index contributed by atoms with van der Waals surface area (Å²) in [6, 6.07) is 7.84. The normalized spacial score (nSPS) is 26.2. The highest BCUT2D eigenvalue weighted by Crippen LogP contribution is 2.28. The van der Waals surface area contributed by atoms with Crippen LogP contribution in [0.25, 0.3) is 0 Å². The molecule has 2 unspecified atom stereocenters. The van der Waals surface area contributed by atoms with Crippen LogP contribution < -0.4 is 0 Å². The summed E-state index contributed by atoms with van der Waals surface area (Å²) in [7, 11) is 0. The van der Waals surface area contributed by atoms with Crippen molar-refractivity contribution in [2.45, 2.75) is 38.3 Å². The summed E-state index contributed by atoms with van der Waals surface area (Å²) in [4.78, 5) is 32.2. The molecule has 0 bridgehead atoms. The Labute approximate surface area is 177 Å². The first-order chi connectivity index (χ1) is 14.1.